The van der Waals surface area contributed by atoms with E-state index < -0.39 is 0 Å². The largest absolute Gasteiger partial charge is 0.351 e. The lowest BCUT2D eigenvalue weighted by Gasteiger charge is -2.23. The molecule has 0 amide bonds. The highest BCUT2D eigenvalue weighted by Gasteiger charge is 2.07. The summed E-state index contributed by atoms with van der Waals surface area (Å²) in [4.78, 5) is 6.42. The van der Waals surface area contributed by atoms with E-state index in [0.29, 0.717) is 12.1 Å². The van der Waals surface area contributed by atoms with Crippen LogP contribution >= 0.6 is 0 Å². The Morgan fingerprint density at radius 3 is 2.53 bits per heavy atom. The van der Waals surface area contributed by atoms with Crippen LogP contribution in [0.3, 0.4) is 0 Å². The van der Waals surface area contributed by atoms with Crippen molar-refractivity contribution in [2.24, 2.45) is 5.73 Å². The van der Waals surface area contributed by atoms with E-state index in [1.807, 2.05) is 24.3 Å². The molecule has 1 heterocycles. The number of nitrogens with two attached hydrogens (primary N) is 1. The molecule has 0 aliphatic carbocycles. The van der Waals surface area contributed by atoms with Crippen LogP contribution in [0.25, 0.3) is 0 Å². The monoisotopic (exact) mass is 252 g/mol. The average Bonchev–Trinajstić information content (AvgIpc) is 2.48. The van der Waals surface area contributed by atoms with E-state index >= 15 is 0 Å². The zero-order chi connectivity index (χ0) is 13.5. The molecule has 0 saturated carbocycles. The lowest BCUT2D eigenvalue weighted by molar-refractivity contribution is 0.776. The third-order valence-electron chi connectivity index (χ3n) is 2.82. The van der Waals surface area contributed by atoms with Crippen LogP contribution in [0.15, 0.2) is 48.7 Å². The molecule has 0 bridgehead atoms. The van der Waals surface area contributed by atoms with Crippen molar-refractivity contribution in [3.63, 3.8) is 0 Å². The molecule has 0 atom stereocenters. The summed E-state index contributed by atoms with van der Waals surface area (Å²) in [6.07, 6.45) is 1.59. The van der Waals surface area contributed by atoms with Crippen molar-refractivity contribution in [1.82, 2.24) is 4.98 Å². The summed E-state index contributed by atoms with van der Waals surface area (Å²) < 4.78 is 0. The summed E-state index contributed by atoms with van der Waals surface area (Å²) >= 11 is 0. The molecule has 0 spiro atoms. The lowest BCUT2D eigenvalue weighted by atomic mass is 10.2. The Morgan fingerprint density at radius 1 is 1.16 bits per heavy atom. The molecule has 19 heavy (non-hydrogen) atoms. The van der Waals surface area contributed by atoms with Crippen LogP contribution in [0, 0.1) is 11.3 Å². The maximum Gasteiger partial charge on any atom is 0.128 e. The van der Waals surface area contributed by atoms with Crippen molar-refractivity contribution in [2.75, 3.05) is 18.0 Å². The molecule has 0 unspecified atom stereocenters. The predicted octanol–water partition coefficient (Wildman–Crippen LogP) is 1.92. The van der Waals surface area contributed by atoms with Gasteiger partial charge in [0.1, 0.15) is 11.9 Å². The number of nitrogens with zero attached hydrogens (tertiary/aromatic N) is 3. The molecule has 0 aliphatic rings. The molecular weight excluding hydrogens is 236 g/mol. The van der Waals surface area contributed by atoms with Crippen molar-refractivity contribution in [3.05, 3.63) is 59.8 Å². The van der Waals surface area contributed by atoms with Crippen molar-refractivity contribution in [3.8, 4) is 6.07 Å². The fourth-order valence-electron chi connectivity index (χ4n) is 1.87. The Labute approximate surface area is 113 Å². The maximum atomic E-state index is 8.78. The van der Waals surface area contributed by atoms with E-state index in [0.717, 1.165) is 18.9 Å². The molecule has 1 aromatic carbocycles. The topological polar surface area (TPSA) is 65.9 Å². The van der Waals surface area contributed by atoms with E-state index in [1.54, 1.807) is 12.3 Å². The van der Waals surface area contributed by atoms with Gasteiger partial charge in [-0.15, -0.1) is 0 Å². The second-order valence-corrected chi connectivity index (χ2v) is 4.21. The number of aromatic nitrogens is 1. The van der Waals surface area contributed by atoms with Gasteiger partial charge in [0, 0.05) is 25.8 Å². The summed E-state index contributed by atoms with van der Waals surface area (Å²) in [5.41, 5.74) is 7.43. The highest BCUT2D eigenvalue weighted by molar-refractivity contribution is 5.42. The Bertz CT molecular complexity index is 543. The zero-order valence-electron chi connectivity index (χ0n) is 10.7. The summed E-state index contributed by atoms with van der Waals surface area (Å²) in [7, 11) is 0. The Morgan fingerprint density at radius 2 is 1.95 bits per heavy atom. The average molecular weight is 252 g/mol. The lowest BCUT2D eigenvalue weighted by Crippen LogP contribution is -2.29. The van der Waals surface area contributed by atoms with Crippen LogP contribution < -0.4 is 10.6 Å². The van der Waals surface area contributed by atoms with Gasteiger partial charge in [0.25, 0.3) is 0 Å². The minimum atomic E-state index is 0.564. The standard InChI is InChI=1S/C15H16N4/c16-8-9-19(12-13-4-2-1-3-5-13)15-7-6-14(10-17)11-18-15/h1-7,11H,8-9,12,16H2. The third kappa shape index (κ3) is 3.54. The van der Waals surface area contributed by atoms with Crippen LogP contribution in [0.1, 0.15) is 11.1 Å². The van der Waals surface area contributed by atoms with Gasteiger partial charge in [0.2, 0.25) is 0 Å². The molecule has 2 aromatic rings. The molecule has 0 fully saturated rings. The highest BCUT2D eigenvalue weighted by Crippen LogP contribution is 2.14. The molecule has 2 rings (SSSR count). The highest BCUT2D eigenvalue weighted by atomic mass is 15.2. The second kappa shape index (κ2) is 6.53. The summed E-state index contributed by atoms with van der Waals surface area (Å²) in [6, 6.07) is 15.9. The first-order valence-corrected chi connectivity index (χ1v) is 6.18. The fourth-order valence-corrected chi connectivity index (χ4v) is 1.87. The van der Waals surface area contributed by atoms with Crippen molar-refractivity contribution in [1.29, 1.82) is 5.26 Å². The van der Waals surface area contributed by atoms with Gasteiger partial charge in [0.05, 0.1) is 5.56 Å². The van der Waals surface area contributed by atoms with E-state index in [1.165, 1.54) is 5.56 Å². The molecular formula is C15H16N4. The Hall–Kier alpha value is -2.38. The van der Waals surface area contributed by atoms with Crippen LogP contribution in [-0.2, 0) is 6.54 Å². The summed E-state index contributed by atoms with van der Waals surface area (Å²) in [5.74, 6) is 0.841. The molecule has 0 radical (unpaired) electrons. The van der Waals surface area contributed by atoms with Crippen molar-refractivity contribution in [2.45, 2.75) is 6.54 Å². The first-order chi connectivity index (χ1) is 9.33. The second-order valence-electron chi connectivity index (χ2n) is 4.21. The van der Waals surface area contributed by atoms with E-state index in [4.69, 9.17) is 11.0 Å². The number of nitriles is 1. The van der Waals surface area contributed by atoms with Crippen LogP contribution in [0.5, 0.6) is 0 Å². The Balaban J connectivity index is 2.17. The quantitative estimate of drug-likeness (QED) is 0.882. The minimum absolute atomic E-state index is 0.564. The number of hydrogen-bond donors (Lipinski definition) is 1. The number of hydrogen-bond acceptors (Lipinski definition) is 4. The summed E-state index contributed by atoms with van der Waals surface area (Å²) in [5, 5.41) is 8.78. The van der Waals surface area contributed by atoms with Gasteiger partial charge in [0.15, 0.2) is 0 Å². The van der Waals surface area contributed by atoms with Crippen LogP contribution in [0.4, 0.5) is 5.82 Å². The first-order valence-electron chi connectivity index (χ1n) is 6.18. The predicted molar refractivity (Wildman–Crippen MR) is 75.5 cm³/mol. The van der Waals surface area contributed by atoms with Gasteiger partial charge in [-0.25, -0.2) is 4.98 Å². The van der Waals surface area contributed by atoms with Crippen LogP contribution in [-0.4, -0.2) is 18.1 Å². The molecule has 1 aromatic heterocycles. The number of rotatable bonds is 5. The Kier molecular flexibility index (Phi) is 4.49. The van der Waals surface area contributed by atoms with Gasteiger partial charge in [-0.2, -0.15) is 5.26 Å². The molecule has 0 aliphatic heterocycles. The van der Waals surface area contributed by atoms with Gasteiger partial charge < -0.3 is 10.6 Å². The van der Waals surface area contributed by atoms with Crippen molar-refractivity contribution < 1.29 is 0 Å². The maximum absolute atomic E-state index is 8.78. The van der Waals surface area contributed by atoms with Gasteiger partial charge in [-0.05, 0) is 17.7 Å². The smallest absolute Gasteiger partial charge is 0.128 e. The van der Waals surface area contributed by atoms with E-state index in [2.05, 4.69) is 28.1 Å². The minimum Gasteiger partial charge on any atom is -0.351 e. The molecule has 4 heteroatoms. The van der Waals surface area contributed by atoms with E-state index in [9.17, 15) is 0 Å². The number of pyridine rings is 1. The number of anilines is 1. The van der Waals surface area contributed by atoms with Gasteiger partial charge >= 0.3 is 0 Å². The van der Waals surface area contributed by atoms with Crippen molar-refractivity contribution >= 4 is 5.82 Å². The fraction of sp³-hybridized carbons (Fsp3) is 0.200. The molecule has 4 nitrogen and oxygen atoms in total. The first kappa shape index (κ1) is 13.1. The van der Waals surface area contributed by atoms with Crippen LogP contribution in [0.2, 0.25) is 0 Å². The van der Waals surface area contributed by atoms with Gasteiger partial charge in [-0.3, -0.25) is 0 Å². The molecule has 0 saturated heterocycles. The SMILES string of the molecule is N#Cc1ccc(N(CCN)Cc2ccccc2)nc1. The normalized spacial score (nSPS) is 9.89. The van der Waals surface area contributed by atoms with E-state index in [-0.39, 0.29) is 0 Å². The number of benzene rings is 1. The zero-order valence-corrected chi connectivity index (χ0v) is 10.7. The summed E-state index contributed by atoms with van der Waals surface area (Å²) in [6.45, 7) is 2.05. The molecule has 2 N–H and O–H groups in total. The van der Waals surface area contributed by atoms with Gasteiger partial charge in [-0.1, -0.05) is 30.3 Å². The third-order valence-corrected chi connectivity index (χ3v) is 2.82. The molecule has 96 valence electrons.